The van der Waals surface area contributed by atoms with Crippen LogP contribution in [-0.2, 0) is 9.53 Å². The number of halogens is 1. The second-order valence-corrected chi connectivity index (χ2v) is 5.96. The second kappa shape index (κ2) is 10.8. The second-order valence-electron chi connectivity index (χ2n) is 5.52. The standard InChI is InChI=1S/C19H20ClN3O5/c1-27-17(24)12-22-18(25)13-2-6-15(7-3-13)23-19(26)21-10-11-28-16-8-4-14(20)5-9-16/h2-9H,10-12H2,1H3,(H,22,25)(H2,21,23,26). The molecule has 0 saturated carbocycles. The number of anilines is 1. The minimum atomic E-state index is -0.539. The van der Waals surface area contributed by atoms with Gasteiger partial charge in [0.25, 0.3) is 5.91 Å². The number of nitrogens with one attached hydrogen (secondary N) is 3. The summed E-state index contributed by atoms with van der Waals surface area (Å²) < 4.78 is 9.92. The fourth-order valence-corrected chi connectivity index (χ4v) is 2.20. The molecule has 0 aliphatic heterocycles. The molecule has 0 bridgehead atoms. The number of ether oxygens (including phenoxy) is 2. The largest absolute Gasteiger partial charge is 0.492 e. The van der Waals surface area contributed by atoms with Gasteiger partial charge in [0.05, 0.1) is 13.7 Å². The molecule has 0 radical (unpaired) electrons. The van der Waals surface area contributed by atoms with Crippen LogP contribution in [0.2, 0.25) is 5.02 Å². The first-order valence-electron chi connectivity index (χ1n) is 8.36. The fraction of sp³-hybridized carbons (Fsp3) is 0.211. The van der Waals surface area contributed by atoms with Gasteiger partial charge in [-0.15, -0.1) is 0 Å². The lowest BCUT2D eigenvalue weighted by atomic mass is 10.2. The Bertz CT molecular complexity index is 809. The van der Waals surface area contributed by atoms with Crippen LogP contribution >= 0.6 is 11.6 Å². The third-order valence-electron chi connectivity index (χ3n) is 3.50. The molecule has 0 atom stereocenters. The number of hydrogen-bond donors (Lipinski definition) is 3. The summed E-state index contributed by atoms with van der Waals surface area (Å²) in [6.45, 7) is 0.396. The van der Waals surface area contributed by atoms with Gasteiger partial charge in [0.15, 0.2) is 0 Å². The van der Waals surface area contributed by atoms with Crippen LogP contribution in [0.4, 0.5) is 10.5 Å². The number of benzene rings is 2. The van der Waals surface area contributed by atoms with E-state index in [0.717, 1.165) is 0 Å². The summed E-state index contributed by atoms with van der Waals surface area (Å²) in [4.78, 5) is 34.8. The molecule has 2 aromatic carbocycles. The van der Waals surface area contributed by atoms with E-state index in [1.165, 1.54) is 19.2 Å². The predicted molar refractivity (Wildman–Crippen MR) is 105 cm³/mol. The van der Waals surface area contributed by atoms with E-state index in [1.54, 1.807) is 36.4 Å². The van der Waals surface area contributed by atoms with E-state index in [0.29, 0.717) is 35.2 Å². The maximum Gasteiger partial charge on any atom is 0.325 e. The van der Waals surface area contributed by atoms with Crippen molar-refractivity contribution in [2.45, 2.75) is 0 Å². The Labute approximate surface area is 167 Å². The Morgan fingerprint density at radius 3 is 2.29 bits per heavy atom. The molecule has 148 valence electrons. The van der Waals surface area contributed by atoms with Crippen LogP contribution < -0.4 is 20.7 Å². The van der Waals surface area contributed by atoms with Crippen LogP contribution in [0.25, 0.3) is 0 Å². The molecule has 2 aromatic rings. The first-order valence-corrected chi connectivity index (χ1v) is 8.74. The van der Waals surface area contributed by atoms with Gasteiger partial charge in [-0.05, 0) is 48.5 Å². The van der Waals surface area contributed by atoms with Crippen molar-refractivity contribution in [3.63, 3.8) is 0 Å². The quantitative estimate of drug-likeness (QED) is 0.462. The number of rotatable bonds is 8. The van der Waals surface area contributed by atoms with Crippen molar-refractivity contribution < 1.29 is 23.9 Å². The molecule has 0 heterocycles. The molecule has 0 aliphatic rings. The zero-order chi connectivity index (χ0) is 20.4. The number of carbonyl (C=O) groups excluding carboxylic acids is 3. The summed E-state index contributed by atoms with van der Waals surface area (Å²) in [5.41, 5.74) is 0.867. The fourth-order valence-electron chi connectivity index (χ4n) is 2.07. The molecular formula is C19H20ClN3O5. The highest BCUT2D eigenvalue weighted by molar-refractivity contribution is 6.30. The maximum atomic E-state index is 11.9. The van der Waals surface area contributed by atoms with E-state index in [9.17, 15) is 14.4 Å². The molecule has 2 rings (SSSR count). The molecule has 28 heavy (non-hydrogen) atoms. The van der Waals surface area contributed by atoms with E-state index in [4.69, 9.17) is 16.3 Å². The number of esters is 1. The molecule has 0 saturated heterocycles. The van der Waals surface area contributed by atoms with E-state index in [-0.39, 0.29) is 6.54 Å². The summed E-state index contributed by atoms with van der Waals surface area (Å²) in [5.74, 6) is -0.295. The Hall–Kier alpha value is -3.26. The van der Waals surface area contributed by atoms with Crippen LogP contribution in [0.5, 0.6) is 5.75 Å². The van der Waals surface area contributed by atoms with Gasteiger partial charge in [0.1, 0.15) is 18.9 Å². The molecule has 0 unspecified atom stereocenters. The van der Waals surface area contributed by atoms with Gasteiger partial charge in [0.2, 0.25) is 0 Å². The molecule has 3 amide bonds. The third-order valence-corrected chi connectivity index (χ3v) is 3.75. The Balaban J connectivity index is 1.70. The summed E-state index contributed by atoms with van der Waals surface area (Å²) in [6, 6.07) is 12.7. The number of carbonyl (C=O) groups is 3. The smallest absolute Gasteiger partial charge is 0.325 e. The average molecular weight is 406 g/mol. The van der Waals surface area contributed by atoms with Gasteiger partial charge < -0.3 is 25.4 Å². The van der Waals surface area contributed by atoms with Gasteiger partial charge in [-0.25, -0.2) is 4.79 Å². The Morgan fingerprint density at radius 2 is 1.64 bits per heavy atom. The lowest BCUT2D eigenvalue weighted by molar-refractivity contribution is -0.139. The maximum absolute atomic E-state index is 11.9. The number of amides is 3. The van der Waals surface area contributed by atoms with Crippen molar-refractivity contribution in [1.29, 1.82) is 0 Å². The zero-order valence-electron chi connectivity index (χ0n) is 15.2. The highest BCUT2D eigenvalue weighted by Gasteiger charge is 2.08. The summed E-state index contributed by atoms with van der Waals surface area (Å²) >= 11 is 5.79. The molecule has 0 aliphatic carbocycles. The predicted octanol–water partition coefficient (Wildman–Crippen LogP) is 2.44. The van der Waals surface area contributed by atoms with Gasteiger partial charge in [-0.2, -0.15) is 0 Å². The van der Waals surface area contributed by atoms with Gasteiger partial charge in [-0.3, -0.25) is 9.59 Å². The normalized spacial score (nSPS) is 9.93. The minimum Gasteiger partial charge on any atom is -0.492 e. The third kappa shape index (κ3) is 7.16. The van der Waals surface area contributed by atoms with Crippen molar-refractivity contribution >= 4 is 35.2 Å². The Kier molecular flexibility index (Phi) is 8.11. The highest BCUT2D eigenvalue weighted by Crippen LogP contribution is 2.15. The lowest BCUT2D eigenvalue weighted by Gasteiger charge is -2.10. The van der Waals surface area contributed by atoms with E-state index in [1.807, 2.05) is 0 Å². The van der Waals surface area contributed by atoms with Crippen LogP contribution in [-0.4, -0.2) is 44.7 Å². The van der Waals surface area contributed by atoms with E-state index in [2.05, 4.69) is 20.7 Å². The van der Waals surface area contributed by atoms with Crippen LogP contribution in [0.15, 0.2) is 48.5 Å². The summed E-state index contributed by atoms with van der Waals surface area (Å²) in [6.07, 6.45) is 0. The van der Waals surface area contributed by atoms with Crippen molar-refractivity contribution in [3.8, 4) is 5.75 Å². The SMILES string of the molecule is COC(=O)CNC(=O)c1ccc(NC(=O)NCCOc2ccc(Cl)cc2)cc1. The van der Waals surface area contributed by atoms with Crippen LogP contribution in [0.3, 0.4) is 0 Å². The topological polar surface area (TPSA) is 106 Å². The zero-order valence-corrected chi connectivity index (χ0v) is 15.9. The van der Waals surface area contributed by atoms with Crippen molar-refractivity contribution in [2.24, 2.45) is 0 Å². The highest BCUT2D eigenvalue weighted by atomic mass is 35.5. The monoisotopic (exact) mass is 405 g/mol. The molecule has 9 heteroatoms. The van der Waals surface area contributed by atoms with Gasteiger partial charge in [-0.1, -0.05) is 11.6 Å². The Morgan fingerprint density at radius 1 is 0.964 bits per heavy atom. The molecule has 8 nitrogen and oxygen atoms in total. The molecule has 0 fully saturated rings. The summed E-state index contributed by atoms with van der Waals surface area (Å²) in [5, 5.41) is 8.35. The summed E-state index contributed by atoms with van der Waals surface area (Å²) in [7, 11) is 1.24. The molecule has 0 spiro atoms. The first kappa shape index (κ1) is 21.0. The number of hydrogen-bond acceptors (Lipinski definition) is 5. The van der Waals surface area contributed by atoms with Crippen molar-refractivity contribution in [3.05, 3.63) is 59.1 Å². The minimum absolute atomic E-state index is 0.212. The number of urea groups is 1. The van der Waals surface area contributed by atoms with E-state index < -0.39 is 17.9 Å². The number of methoxy groups -OCH3 is 1. The average Bonchev–Trinajstić information content (AvgIpc) is 2.71. The molecular weight excluding hydrogens is 386 g/mol. The van der Waals surface area contributed by atoms with Gasteiger partial charge in [0, 0.05) is 16.3 Å². The van der Waals surface area contributed by atoms with Crippen molar-refractivity contribution in [2.75, 3.05) is 32.1 Å². The van der Waals surface area contributed by atoms with Crippen LogP contribution in [0, 0.1) is 0 Å². The van der Waals surface area contributed by atoms with Crippen molar-refractivity contribution in [1.82, 2.24) is 10.6 Å². The molecule has 0 aromatic heterocycles. The lowest BCUT2D eigenvalue weighted by Crippen LogP contribution is -2.32. The van der Waals surface area contributed by atoms with Crippen LogP contribution in [0.1, 0.15) is 10.4 Å². The van der Waals surface area contributed by atoms with E-state index >= 15 is 0 Å². The van der Waals surface area contributed by atoms with Gasteiger partial charge >= 0.3 is 12.0 Å². The first-order chi connectivity index (χ1) is 13.5. The molecule has 3 N–H and O–H groups in total.